The molecule has 0 heterocycles. The molecule has 0 aromatic heterocycles. The Labute approximate surface area is 385 Å². The van der Waals surface area contributed by atoms with E-state index < -0.39 is 78.4 Å². The van der Waals surface area contributed by atoms with Crippen molar-refractivity contribution in [1.82, 2.24) is 0 Å². The summed E-state index contributed by atoms with van der Waals surface area (Å²) in [6.07, 6.45) is -5.92. The number of carbonyl (C=O) groups is 4. The van der Waals surface area contributed by atoms with Crippen molar-refractivity contribution in [1.29, 1.82) is 0 Å². The molecule has 0 aliphatic heterocycles. The van der Waals surface area contributed by atoms with Crippen LogP contribution in [0.4, 0.5) is 0 Å². The van der Waals surface area contributed by atoms with Gasteiger partial charge in [0.05, 0.1) is 34.7 Å². The molecule has 0 bridgehead atoms. The summed E-state index contributed by atoms with van der Waals surface area (Å²) in [6, 6.07) is 50.3. The molecule has 6 aromatic carbocycles. The molecule has 6 rings (SSSR count). The maximum atomic E-state index is 14.3. The first-order valence-corrected chi connectivity index (χ1v) is 24.6. The van der Waals surface area contributed by atoms with Crippen molar-refractivity contribution >= 4 is 58.9 Å². The van der Waals surface area contributed by atoms with Crippen molar-refractivity contribution < 1.29 is 55.3 Å². The predicted octanol–water partition coefficient (Wildman–Crippen LogP) is 7.43. The number of nitrogens with zero attached hydrogens (tertiary/aromatic N) is 1. The van der Waals surface area contributed by atoms with Gasteiger partial charge in [-0.1, -0.05) is 154 Å². The zero-order valence-corrected chi connectivity index (χ0v) is 38.5. The summed E-state index contributed by atoms with van der Waals surface area (Å²) < 4.78 is 62.7. The molecule has 0 radical (unpaired) electrons. The lowest BCUT2D eigenvalue weighted by atomic mass is 10.0. The third kappa shape index (κ3) is 12.5. The van der Waals surface area contributed by atoms with E-state index in [2.05, 4.69) is 5.16 Å². The second-order valence-electron chi connectivity index (χ2n) is 16.0. The van der Waals surface area contributed by atoms with Crippen molar-refractivity contribution in [3.63, 3.8) is 0 Å². The molecule has 15 heteroatoms. The molecule has 0 spiro atoms. The molecule has 0 aliphatic rings. The Hall–Kier alpha value is -7.20. The fraction of sp³-hybridized carbons (Fsp3) is 0.196. The van der Waals surface area contributed by atoms with Gasteiger partial charge in [0.2, 0.25) is 0 Å². The third-order valence-electron chi connectivity index (χ3n) is 10.3. The second-order valence-corrected chi connectivity index (χ2v) is 21.8. The van der Waals surface area contributed by atoms with Gasteiger partial charge in [-0.15, -0.1) is 5.16 Å². The molecular weight excluding hydrogens is 879 g/mol. The van der Waals surface area contributed by atoms with Crippen LogP contribution in [0.2, 0.25) is 5.04 Å². The Kier molecular flexibility index (Phi) is 16.2. The molecule has 0 saturated heterocycles. The van der Waals surface area contributed by atoms with Crippen molar-refractivity contribution in [2.24, 2.45) is 5.16 Å². The lowest BCUT2D eigenvalue weighted by molar-refractivity contribution is -0.109. The first kappa shape index (κ1) is 48.3. The van der Waals surface area contributed by atoms with E-state index >= 15 is 0 Å². The van der Waals surface area contributed by atoms with Crippen LogP contribution in [0.25, 0.3) is 0 Å². The van der Waals surface area contributed by atoms with Gasteiger partial charge in [0.1, 0.15) is 6.61 Å². The minimum atomic E-state index is -4.48. The number of rotatable bonds is 19. The topological polar surface area (TPSA) is 170 Å². The fourth-order valence-corrected chi connectivity index (χ4v) is 11.9. The number of esters is 4. The summed E-state index contributed by atoms with van der Waals surface area (Å²) in [6.45, 7) is 5.20. The highest BCUT2D eigenvalue weighted by molar-refractivity contribution is 7.86. The van der Waals surface area contributed by atoms with E-state index in [9.17, 15) is 27.6 Å². The van der Waals surface area contributed by atoms with E-state index in [1.54, 1.807) is 72.8 Å². The Morgan fingerprint density at radius 3 is 1.26 bits per heavy atom. The lowest BCUT2D eigenvalue weighted by Crippen LogP contribution is -2.65. The molecule has 0 fully saturated rings. The zero-order chi connectivity index (χ0) is 47.2. The van der Waals surface area contributed by atoms with Crippen LogP contribution in [0.3, 0.4) is 0 Å². The van der Waals surface area contributed by atoms with E-state index in [1.807, 2.05) is 81.4 Å². The maximum Gasteiger partial charge on any atom is 0.354 e. The van der Waals surface area contributed by atoms with Crippen molar-refractivity contribution in [3.05, 3.63) is 204 Å². The average molecular weight is 928 g/mol. The van der Waals surface area contributed by atoms with E-state index in [-0.39, 0.29) is 22.3 Å². The Morgan fingerprint density at radius 1 is 0.530 bits per heavy atom. The van der Waals surface area contributed by atoms with Crippen LogP contribution >= 0.6 is 0 Å². The maximum absolute atomic E-state index is 14.3. The molecule has 66 heavy (non-hydrogen) atoms. The summed E-state index contributed by atoms with van der Waals surface area (Å²) in [7, 11) is -7.93. The smallest absolute Gasteiger partial charge is 0.354 e. The SMILES string of the molecule is CC(C)(C)[Si](O/N=C/[C@@H](OC(=O)c1ccccc1)[C@@H](OC(=O)c1ccccc1)[C@H](OC(=O)c1ccccc1)[C@@H](COC(=O)c1ccccc1)OS(C)(=O)=O)(c1ccccc1)c1ccccc1. The third-order valence-corrected chi connectivity index (χ3v) is 15.7. The van der Waals surface area contributed by atoms with E-state index in [4.69, 9.17) is 27.7 Å². The lowest BCUT2D eigenvalue weighted by Gasteiger charge is -2.40. The van der Waals surface area contributed by atoms with Gasteiger partial charge in [-0.3, -0.25) is 4.18 Å². The number of hydrogen-bond acceptors (Lipinski definition) is 13. The van der Waals surface area contributed by atoms with E-state index in [0.717, 1.165) is 22.8 Å². The number of ether oxygens (including phenoxy) is 4. The molecule has 0 amide bonds. The largest absolute Gasteiger partial charge is 0.459 e. The number of hydrogen-bond donors (Lipinski definition) is 0. The summed E-state index contributed by atoms with van der Waals surface area (Å²) in [5.41, 5.74) is 0.232. The fourth-order valence-electron chi connectivity index (χ4n) is 7.16. The van der Waals surface area contributed by atoms with Gasteiger partial charge in [0.15, 0.2) is 24.4 Å². The van der Waals surface area contributed by atoms with Crippen LogP contribution in [-0.4, -0.2) is 84.1 Å². The van der Waals surface area contributed by atoms with Gasteiger partial charge < -0.3 is 23.5 Å². The van der Waals surface area contributed by atoms with E-state index in [0.29, 0.717) is 0 Å². The van der Waals surface area contributed by atoms with E-state index in [1.165, 1.54) is 48.5 Å². The minimum Gasteiger partial charge on any atom is -0.459 e. The molecule has 6 aromatic rings. The first-order valence-electron chi connectivity index (χ1n) is 20.9. The Balaban J connectivity index is 1.55. The minimum absolute atomic E-state index is 0.0107. The van der Waals surface area contributed by atoms with Crippen LogP contribution in [0.5, 0.6) is 0 Å². The Bertz CT molecular complexity index is 2630. The highest BCUT2D eigenvalue weighted by Crippen LogP contribution is 2.37. The van der Waals surface area contributed by atoms with Gasteiger partial charge in [-0.2, -0.15) is 8.42 Å². The summed E-state index contributed by atoms with van der Waals surface area (Å²) in [4.78, 5) is 55.9. The highest BCUT2D eigenvalue weighted by atomic mass is 32.2. The molecule has 0 N–H and O–H groups in total. The number of benzene rings is 6. The Morgan fingerprint density at radius 2 is 0.879 bits per heavy atom. The normalized spacial score (nSPS) is 13.6. The number of carbonyl (C=O) groups excluding carboxylic acids is 4. The standard InChI is InChI=1S/C51H49NO12SSi/c1-51(2,3)66(41-31-19-9-20-32-41,42-33-21-10-22-34-42)64-52-35-43(60-48(54)38-25-13-6-14-26-38)45(61-49(55)39-27-15-7-16-28-39)46(62-50(56)40-29-17-8-18-30-40)44(63-65(4,57)58)36-59-47(53)37-23-11-5-12-24-37/h5-35,43-46H,36H2,1-4H3/b52-35+/t43-,44-,45-,46-/m1/s1. The van der Waals surface area contributed by atoms with Crippen molar-refractivity contribution in [2.75, 3.05) is 12.9 Å². The van der Waals surface area contributed by atoms with Gasteiger partial charge in [0, 0.05) is 5.04 Å². The summed E-state index contributed by atoms with van der Waals surface area (Å²) >= 11 is 0. The quantitative estimate of drug-likeness (QED) is 0.0197. The van der Waals surface area contributed by atoms with Gasteiger partial charge >= 0.3 is 32.2 Å². The summed E-state index contributed by atoms with van der Waals surface area (Å²) in [5.74, 6) is -3.83. The molecule has 0 unspecified atom stereocenters. The van der Waals surface area contributed by atoms with Crippen LogP contribution in [0, 0.1) is 0 Å². The van der Waals surface area contributed by atoms with Gasteiger partial charge in [0.25, 0.3) is 10.1 Å². The molecule has 0 aliphatic carbocycles. The summed E-state index contributed by atoms with van der Waals surface area (Å²) in [5, 5.41) is 5.67. The molecule has 13 nitrogen and oxygen atoms in total. The monoisotopic (exact) mass is 927 g/mol. The zero-order valence-electron chi connectivity index (χ0n) is 36.7. The predicted molar refractivity (Wildman–Crippen MR) is 251 cm³/mol. The first-order chi connectivity index (χ1) is 31.7. The molecule has 0 saturated carbocycles. The van der Waals surface area contributed by atoms with Crippen molar-refractivity contribution in [3.8, 4) is 0 Å². The molecule has 4 atom stereocenters. The van der Waals surface area contributed by atoms with Crippen LogP contribution in [0.1, 0.15) is 62.2 Å². The number of oxime groups is 1. The van der Waals surface area contributed by atoms with Gasteiger partial charge in [-0.05, 0) is 58.9 Å². The highest BCUT2D eigenvalue weighted by Gasteiger charge is 2.53. The van der Waals surface area contributed by atoms with Crippen molar-refractivity contribution in [2.45, 2.75) is 50.2 Å². The van der Waals surface area contributed by atoms with Crippen LogP contribution in [0.15, 0.2) is 187 Å². The second kappa shape index (κ2) is 22.1. The average Bonchev–Trinajstić information content (AvgIpc) is 3.33. The molecule has 340 valence electrons. The van der Waals surface area contributed by atoms with Gasteiger partial charge in [-0.25, -0.2) is 19.2 Å². The molecular formula is C51H49NO12SSi. The van der Waals surface area contributed by atoms with Crippen LogP contribution < -0.4 is 10.4 Å². The van der Waals surface area contributed by atoms with Crippen LogP contribution in [-0.2, 0) is 37.8 Å².